The van der Waals surface area contributed by atoms with Gasteiger partial charge in [-0.25, -0.2) is 0 Å². The number of hydrogen-bond acceptors (Lipinski definition) is 7. The summed E-state index contributed by atoms with van der Waals surface area (Å²) in [5, 5.41) is 4.98. The Labute approximate surface area is 224 Å². The van der Waals surface area contributed by atoms with Gasteiger partial charge in [0.2, 0.25) is 11.8 Å². The Morgan fingerprint density at radius 3 is 2.47 bits per heavy atom. The number of carbonyl (C=O) groups is 5. The van der Waals surface area contributed by atoms with Gasteiger partial charge in [0.25, 0.3) is 17.7 Å². The van der Waals surface area contributed by atoms with Crippen molar-refractivity contribution in [3.8, 4) is 5.75 Å². The molecular weight excluding hydrogens is 581 g/mol. The molecule has 2 N–H and O–H groups in total. The van der Waals surface area contributed by atoms with Crippen molar-refractivity contribution in [2.75, 3.05) is 30.8 Å². The molecular formula is C25H32IN3O7. The first-order valence-corrected chi connectivity index (χ1v) is 13.3. The van der Waals surface area contributed by atoms with Gasteiger partial charge in [-0.05, 0) is 24.0 Å². The summed E-state index contributed by atoms with van der Waals surface area (Å²) in [4.78, 5) is 63.0. The van der Waals surface area contributed by atoms with E-state index in [1.54, 1.807) is 6.07 Å². The molecule has 2 aliphatic rings. The van der Waals surface area contributed by atoms with Gasteiger partial charge in [-0.3, -0.25) is 34.2 Å². The Morgan fingerprint density at radius 1 is 1.11 bits per heavy atom. The predicted octanol–water partition coefficient (Wildman–Crippen LogP) is 2.09. The van der Waals surface area contributed by atoms with E-state index in [1.807, 2.05) is 13.8 Å². The van der Waals surface area contributed by atoms with Crippen molar-refractivity contribution in [3.05, 3.63) is 29.3 Å². The molecule has 0 aliphatic carbocycles. The van der Waals surface area contributed by atoms with Crippen LogP contribution in [-0.2, 0) is 19.1 Å². The van der Waals surface area contributed by atoms with Crippen molar-refractivity contribution in [2.24, 2.45) is 10.8 Å². The van der Waals surface area contributed by atoms with Crippen LogP contribution in [0.1, 0.15) is 61.3 Å². The third kappa shape index (κ3) is 6.61. The highest BCUT2D eigenvalue weighted by molar-refractivity contribution is 14.1. The number of alkyl halides is 1. The average molecular weight is 613 g/mol. The van der Waals surface area contributed by atoms with Crippen LogP contribution in [0.4, 0.5) is 0 Å². The van der Waals surface area contributed by atoms with E-state index in [4.69, 9.17) is 9.47 Å². The maximum atomic E-state index is 13.1. The zero-order chi connectivity index (χ0) is 26.7. The lowest BCUT2D eigenvalue weighted by Crippen LogP contribution is -2.54. The SMILES string of the molecule is CC(C)(CI)COCC(C)(C)CNC(=O)COc1cccc2c1C(=O)N(C1CCC(=O)NC1=O)C2=O. The first-order chi connectivity index (χ1) is 16.8. The number of halogens is 1. The highest BCUT2D eigenvalue weighted by atomic mass is 127. The number of nitrogens with zero attached hydrogens (tertiary/aromatic N) is 1. The normalized spacial score (nSPS) is 18.2. The summed E-state index contributed by atoms with van der Waals surface area (Å²) in [5.74, 6) is -2.75. The molecule has 11 heteroatoms. The van der Waals surface area contributed by atoms with E-state index in [0.29, 0.717) is 19.8 Å². The molecule has 36 heavy (non-hydrogen) atoms. The summed E-state index contributed by atoms with van der Waals surface area (Å²) in [6.45, 7) is 9.36. The van der Waals surface area contributed by atoms with Crippen molar-refractivity contribution < 1.29 is 33.4 Å². The third-order valence-corrected chi connectivity index (χ3v) is 7.97. The van der Waals surface area contributed by atoms with E-state index in [9.17, 15) is 24.0 Å². The minimum atomic E-state index is -1.07. The minimum absolute atomic E-state index is 0.00612. The summed E-state index contributed by atoms with van der Waals surface area (Å²) < 4.78 is 12.4. The lowest BCUT2D eigenvalue weighted by Gasteiger charge is -2.28. The van der Waals surface area contributed by atoms with E-state index >= 15 is 0 Å². The number of benzene rings is 1. The molecule has 3 rings (SSSR count). The molecule has 0 aromatic heterocycles. The molecule has 1 aromatic rings. The van der Waals surface area contributed by atoms with Crippen LogP contribution in [0, 0.1) is 10.8 Å². The van der Waals surface area contributed by atoms with E-state index in [2.05, 4.69) is 47.1 Å². The van der Waals surface area contributed by atoms with Crippen LogP contribution >= 0.6 is 22.6 Å². The highest BCUT2D eigenvalue weighted by Gasteiger charge is 2.46. The molecule has 1 aromatic carbocycles. The van der Waals surface area contributed by atoms with Crippen molar-refractivity contribution in [2.45, 2.75) is 46.6 Å². The first kappa shape index (κ1) is 28.0. The van der Waals surface area contributed by atoms with Gasteiger partial charge in [-0.1, -0.05) is 56.4 Å². The summed E-state index contributed by atoms with van der Waals surface area (Å²) in [7, 11) is 0. The number of imide groups is 2. The fraction of sp³-hybridized carbons (Fsp3) is 0.560. The molecule has 196 valence electrons. The summed E-state index contributed by atoms with van der Waals surface area (Å²) in [6, 6.07) is 3.44. The molecule has 2 aliphatic heterocycles. The lowest BCUT2D eigenvalue weighted by atomic mass is 9.94. The van der Waals surface area contributed by atoms with Crippen molar-refractivity contribution in [1.82, 2.24) is 15.5 Å². The van der Waals surface area contributed by atoms with E-state index < -0.39 is 29.7 Å². The van der Waals surface area contributed by atoms with Crippen LogP contribution in [-0.4, -0.2) is 71.3 Å². The van der Waals surface area contributed by atoms with Gasteiger partial charge in [0, 0.05) is 22.8 Å². The van der Waals surface area contributed by atoms with Crippen LogP contribution in [0.15, 0.2) is 18.2 Å². The molecule has 0 saturated carbocycles. The second kappa shape index (κ2) is 11.2. The highest BCUT2D eigenvalue weighted by Crippen LogP contribution is 2.33. The van der Waals surface area contributed by atoms with Gasteiger partial charge in [0.1, 0.15) is 11.8 Å². The van der Waals surface area contributed by atoms with Gasteiger partial charge in [-0.2, -0.15) is 0 Å². The Balaban J connectivity index is 1.58. The Bertz CT molecular complexity index is 1070. The molecule has 0 spiro atoms. The number of ether oxygens (including phenoxy) is 2. The molecule has 5 amide bonds. The number of fused-ring (bicyclic) bond motifs is 1. The minimum Gasteiger partial charge on any atom is -0.483 e. The fourth-order valence-electron chi connectivity index (χ4n) is 3.83. The van der Waals surface area contributed by atoms with Crippen molar-refractivity contribution in [1.29, 1.82) is 0 Å². The standard InChI is InChI=1S/C25H32IN3O7/c1-24(2,11-26)13-35-14-25(3,4)12-27-19(31)10-36-17-7-5-6-15-20(17)23(34)29(22(15)33)16-8-9-18(30)28-21(16)32/h5-7,16H,8-14H2,1-4H3,(H,27,31)(H,28,30,32). The number of hydrogen-bond donors (Lipinski definition) is 2. The Kier molecular flexibility index (Phi) is 8.75. The van der Waals surface area contributed by atoms with Crippen LogP contribution in [0.2, 0.25) is 0 Å². The van der Waals surface area contributed by atoms with Crippen molar-refractivity contribution >= 4 is 52.1 Å². The summed E-state index contributed by atoms with van der Waals surface area (Å²) >= 11 is 2.33. The number of carbonyl (C=O) groups excluding carboxylic acids is 5. The lowest BCUT2D eigenvalue weighted by molar-refractivity contribution is -0.136. The van der Waals surface area contributed by atoms with E-state index in [1.165, 1.54) is 12.1 Å². The monoisotopic (exact) mass is 613 g/mol. The van der Waals surface area contributed by atoms with Crippen molar-refractivity contribution in [3.63, 3.8) is 0 Å². The van der Waals surface area contributed by atoms with Crippen LogP contribution < -0.4 is 15.4 Å². The number of nitrogens with one attached hydrogen (secondary N) is 2. The molecule has 0 radical (unpaired) electrons. The quantitative estimate of drug-likeness (QED) is 0.222. The number of piperidine rings is 1. The maximum Gasteiger partial charge on any atom is 0.266 e. The smallest absolute Gasteiger partial charge is 0.266 e. The average Bonchev–Trinajstić information content (AvgIpc) is 3.07. The number of amides is 5. The second-order valence-electron chi connectivity index (χ2n) is 10.6. The topological polar surface area (TPSA) is 131 Å². The molecule has 1 unspecified atom stereocenters. The molecule has 1 fully saturated rings. The zero-order valence-corrected chi connectivity index (χ0v) is 23.1. The second-order valence-corrected chi connectivity index (χ2v) is 11.4. The van der Waals surface area contributed by atoms with Gasteiger partial charge < -0.3 is 14.8 Å². The number of rotatable bonds is 11. The Morgan fingerprint density at radius 2 is 1.81 bits per heavy atom. The van der Waals surface area contributed by atoms with Gasteiger partial charge >= 0.3 is 0 Å². The van der Waals surface area contributed by atoms with Crippen LogP contribution in [0.3, 0.4) is 0 Å². The largest absolute Gasteiger partial charge is 0.483 e. The Hall–Kier alpha value is -2.54. The molecule has 2 heterocycles. The van der Waals surface area contributed by atoms with Crippen LogP contribution in [0.25, 0.3) is 0 Å². The summed E-state index contributed by atoms with van der Waals surface area (Å²) in [6.07, 6.45) is 0.0918. The summed E-state index contributed by atoms with van der Waals surface area (Å²) in [5.41, 5.74) is -0.117. The van der Waals surface area contributed by atoms with Gasteiger partial charge in [0.15, 0.2) is 6.61 Å². The maximum absolute atomic E-state index is 13.1. The van der Waals surface area contributed by atoms with Gasteiger partial charge in [0.05, 0.1) is 24.3 Å². The predicted molar refractivity (Wildman–Crippen MR) is 139 cm³/mol. The zero-order valence-electron chi connectivity index (χ0n) is 20.9. The first-order valence-electron chi connectivity index (χ1n) is 11.7. The molecule has 0 bridgehead atoms. The molecule has 1 atom stereocenters. The molecule has 10 nitrogen and oxygen atoms in total. The van der Waals surface area contributed by atoms with E-state index in [-0.39, 0.29) is 53.1 Å². The van der Waals surface area contributed by atoms with Crippen LogP contribution in [0.5, 0.6) is 5.75 Å². The molecule has 1 saturated heterocycles. The van der Waals surface area contributed by atoms with Gasteiger partial charge in [-0.15, -0.1) is 0 Å². The fourth-order valence-corrected chi connectivity index (χ4v) is 4.05. The third-order valence-electron chi connectivity index (χ3n) is 5.90. The van der Waals surface area contributed by atoms with E-state index in [0.717, 1.165) is 9.33 Å².